The van der Waals surface area contributed by atoms with Crippen molar-refractivity contribution in [3.05, 3.63) is 30.2 Å². The Bertz CT molecular complexity index is 883. The van der Waals surface area contributed by atoms with Crippen LogP contribution in [0.1, 0.15) is 25.5 Å². The molecule has 0 amide bonds. The van der Waals surface area contributed by atoms with Crippen molar-refractivity contribution in [3.63, 3.8) is 0 Å². The second kappa shape index (κ2) is 6.19. The topological polar surface area (TPSA) is 53.0 Å². The van der Waals surface area contributed by atoms with E-state index in [9.17, 15) is 0 Å². The first-order chi connectivity index (χ1) is 12.0. The summed E-state index contributed by atoms with van der Waals surface area (Å²) in [5.41, 5.74) is 5.67. The average molecular weight is 338 g/mol. The van der Waals surface area contributed by atoms with Crippen LogP contribution in [0.4, 0.5) is 5.69 Å². The second-order valence-corrected chi connectivity index (χ2v) is 7.31. The Labute approximate surface area is 148 Å². The number of hydrogen-bond acceptors (Lipinski definition) is 4. The van der Waals surface area contributed by atoms with Crippen LogP contribution in [0.15, 0.2) is 24.7 Å². The van der Waals surface area contributed by atoms with Gasteiger partial charge in [0.2, 0.25) is 0 Å². The Morgan fingerprint density at radius 1 is 1.12 bits per heavy atom. The molecule has 0 bridgehead atoms. The smallest absolute Gasteiger partial charge is 0.156 e. The molecule has 6 nitrogen and oxygen atoms in total. The minimum atomic E-state index is 0.354. The molecule has 1 aliphatic heterocycles. The van der Waals surface area contributed by atoms with Gasteiger partial charge in [0.25, 0.3) is 0 Å². The number of likely N-dealkylation sites (N-methyl/N-ethyl adjacent to an activating group) is 1. The number of aryl methyl sites for hydroxylation is 1. The lowest BCUT2D eigenvalue weighted by atomic mass is 10.1. The molecule has 0 unspecified atom stereocenters. The third-order valence-electron chi connectivity index (χ3n) is 5.10. The van der Waals surface area contributed by atoms with Gasteiger partial charge in [-0.3, -0.25) is 0 Å². The molecular formula is C19H26N6. The molecule has 0 spiro atoms. The van der Waals surface area contributed by atoms with Gasteiger partial charge in [0.05, 0.1) is 23.6 Å². The number of piperazine rings is 1. The van der Waals surface area contributed by atoms with E-state index in [2.05, 4.69) is 64.3 Å². The number of nitrogens with one attached hydrogen (secondary N) is 1. The van der Waals surface area contributed by atoms with Crippen molar-refractivity contribution in [2.24, 2.45) is 0 Å². The van der Waals surface area contributed by atoms with Crippen LogP contribution in [0.2, 0.25) is 0 Å². The van der Waals surface area contributed by atoms with E-state index in [1.165, 1.54) is 11.3 Å². The molecule has 0 aliphatic carbocycles. The fraction of sp³-hybridized carbons (Fsp3) is 0.474. The zero-order chi connectivity index (χ0) is 17.6. The van der Waals surface area contributed by atoms with E-state index in [0.717, 1.165) is 48.7 Å². The second-order valence-electron chi connectivity index (χ2n) is 7.31. The quantitative estimate of drug-likeness (QED) is 0.797. The van der Waals surface area contributed by atoms with Gasteiger partial charge < -0.3 is 19.4 Å². The molecule has 1 aliphatic rings. The van der Waals surface area contributed by atoms with Gasteiger partial charge in [-0.2, -0.15) is 0 Å². The highest BCUT2D eigenvalue weighted by Gasteiger charge is 2.18. The minimum absolute atomic E-state index is 0.354. The number of rotatable bonds is 3. The molecule has 1 aromatic carbocycles. The predicted molar refractivity (Wildman–Crippen MR) is 102 cm³/mol. The maximum Gasteiger partial charge on any atom is 0.156 e. The molecule has 3 heterocycles. The van der Waals surface area contributed by atoms with Crippen LogP contribution in [-0.2, 0) is 0 Å². The number of fused-ring (bicyclic) bond motifs is 1. The van der Waals surface area contributed by atoms with Crippen LogP contribution in [0, 0.1) is 6.92 Å². The van der Waals surface area contributed by atoms with Crippen LogP contribution in [0.3, 0.4) is 0 Å². The number of imidazole rings is 2. The van der Waals surface area contributed by atoms with Gasteiger partial charge in [0, 0.05) is 37.9 Å². The molecule has 1 fully saturated rings. The molecule has 3 aromatic rings. The Kier molecular flexibility index (Phi) is 4.00. The molecular weight excluding hydrogens is 312 g/mol. The average Bonchev–Trinajstić information content (AvgIpc) is 3.22. The first kappa shape index (κ1) is 16.1. The van der Waals surface area contributed by atoms with Gasteiger partial charge >= 0.3 is 0 Å². The molecule has 0 atom stereocenters. The van der Waals surface area contributed by atoms with Crippen LogP contribution in [0.5, 0.6) is 0 Å². The summed E-state index contributed by atoms with van der Waals surface area (Å²) in [6.07, 6.45) is 3.75. The molecule has 25 heavy (non-hydrogen) atoms. The summed E-state index contributed by atoms with van der Waals surface area (Å²) in [6, 6.07) is 4.85. The van der Waals surface area contributed by atoms with E-state index < -0.39 is 0 Å². The van der Waals surface area contributed by atoms with Gasteiger partial charge in [-0.05, 0) is 45.5 Å². The van der Waals surface area contributed by atoms with Gasteiger partial charge in [-0.15, -0.1) is 0 Å². The lowest BCUT2D eigenvalue weighted by Crippen LogP contribution is -2.44. The van der Waals surface area contributed by atoms with Gasteiger partial charge in [0.15, 0.2) is 5.82 Å². The van der Waals surface area contributed by atoms with Crippen LogP contribution in [-0.4, -0.2) is 57.6 Å². The summed E-state index contributed by atoms with van der Waals surface area (Å²) in [5, 5.41) is 0. The third kappa shape index (κ3) is 2.91. The number of nitrogens with zero attached hydrogens (tertiary/aromatic N) is 5. The van der Waals surface area contributed by atoms with Gasteiger partial charge in [-0.25, -0.2) is 9.97 Å². The van der Waals surface area contributed by atoms with E-state index >= 15 is 0 Å². The SMILES string of the molecule is Cc1cc(N2CCN(C)CC2)cc2[nH]c(-c3cncn3C(C)C)nc12. The zero-order valence-electron chi connectivity index (χ0n) is 15.5. The summed E-state index contributed by atoms with van der Waals surface area (Å²) < 4.78 is 2.15. The van der Waals surface area contributed by atoms with Crippen molar-refractivity contribution in [2.75, 3.05) is 38.1 Å². The fourth-order valence-electron chi connectivity index (χ4n) is 3.54. The number of aromatic amines is 1. The first-order valence-corrected chi connectivity index (χ1v) is 8.99. The van der Waals surface area contributed by atoms with Crippen molar-refractivity contribution in [3.8, 4) is 11.5 Å². The standard InChI is InChI=1S/C19H26N6/c1-13(2)25-12-20-11-17(25)19-21-16-10-15(9-14(3)18(16)22-19)24-7-5-23(4)6-8-24/h9-13H,5-8H2,1-4H3,(H,21,22). The largest absolute Gasteiger partial charge is 0.369 e. The summed E-state index contributed by atoms with van der Waals surface area (Å²) in [6.45, 7) is 10.8. The van der Waals surface area contributed by atoms with Crippen molar-refractivity contribution in [1.82, 2.24) is 24.4 Å². The van der Waals surface area contributed by atoms with Crippen LogP contribution in [0.25, 0.3) is 22.6 Å². The molecule has 1 N–H and O–H groups in total. The summed E-state index contributed by atoms with van der Waals surface area (Å²) >= 11 is 0. The summed E-state index contributed by atoms with van der Waals surface area (Å²) in [5.74, 6) is 0.889. The molecule has 2 aromatic heterocycles. The Morgan fingerprint density at radius 3 is 2.60 bits per heavy atom. The number of H-pyrrole nitrogens is 1. The van der Waals surface area contributed by atoms with E-state index in [1.807, 2.05) is 12.5 Å². The molecule has 0 saturated carbocycles. The summed E-state index contributed by atoms with van der Waals surface area (Å²) in [7, 11) is 2.19. The highest BCUT2D eigenvalue weighted by atomic mass is 15.2. The maximum absolute atomic E-state index is 4.85. The van der Waals surface area contributed by atoms with Gasteiger partial charge in [0.1, 0.15) is 5.69 Å². The number of benzene rings is 1. The lowest BCUT2D eigenvalue weighted by Gasteiger charge is -2.34. The minimum Gasteiger partial charge on any atom is -0.369 e. The number of aromatic nitrogens is 4. The number of hydrogen-bond donors (Lipinski definition) is 1. The maximum atomic E-state index is 4.85. The van der Waals surface area contributed by atoms with Crippen LogP contribution >= 0.6 is 0 Å². The fourth-order valence-corrected chi connectivity index (χ4v) is 3.54. The summed E-state index contributed by atoms with van der Waals surface area (Å²) in [4.78, 5) is 17.5. The molecule has 0 radical (unpaired) electrons. The van der Waals surface area contributed by atoms with Crippen molar-refractivity contribution >= 4 is 16.7 Å². The normalized spacial score (nSPS) is 16.3. The van der Waals surface area contributed by atoms with E-state index in [4.69, 9.17) is 4.98 Å². The Hall–Kier alpha value is -2.34. The number of anilines is 1. The van der Waals surface area contributed by atoms with E-state index in [1.54, 1.807) is 0 Å². The highest BCUT2D eigenvalue weighted by Crippen LogP contribution is 2.28. The highest BCUT2D eigenvalue weighted by molar-refractivity contribution is 5.85. The van der Waals surface area contributed by atoms with Crippen molar-refractivity contribution < 1.29 is 0 Å². The zero-order valence-corrected chi connectivity index (χ0v) is 15.5. The lowest BCUT2D eigenvalue weighted by molar-refractivity contribution is 0.313. The molecule has 1 saturated heterocycles. The predicted octanol–water partition coefficient (Wildman–Crippen LogP) is 3.07. The monoisotopic (exact) mass is 338 g/mol. The third-order valence-corrected chi connectivity index (χ3v) is 5.10. The van der Waals surface area contributed by atoms with E-state index in [0.29, 0.717) is 6.04 Å². The van der Waals surface area contributed by atoms with Crippen LogP contribution < -0.4 is 4.90 Å². The first-order valence-electron chi connectivity index (χ1n) is 8.99. The van der Waals surface area contributed by atoms with Crippen molar-refractivity contribution in [1.29, 1.82) is 0 Å². The molecule has 132 valence electrons. The van der Waals surface area contributed by atoms with Gasteiger partial charge in [-0.1, -0.05) is 0 Å². The van der Waals surface area contributed by atoms with Crippen molar-refractivity contribution in [2.45, 2.75) is 26.8 Å². The molecule has 4 rings (SSSR count). The molecule has 6 heteroatoms. The van der Waals surface area contributed by atoms with E-state index in [-0.39, 0.29) is 0 Å². The Morgan fingerprint density at radius 2 is 1.88 bits per heavy atom. The Balaban J connectivity index is 1.73.